The molecular weight excluding hydrogens is 312 g/mol. The Morgan fingerprint density at radius 2 is 1.83 bits per heavy atom. The molecule has 0 saturated carbocycles. The molecule has 1 heterocycles. The molecule has 0 radical (unpaired) electrons. The first-order valence-electron chi connectivity index (χ1n) is 5.57. The third-order valence-corrected chi connectivity index (χ3v) is 5.06. The van der Waals surface area contributed by atoms with Gasteiger partial charge >= 0.3 is 0 Å². The Bertz CT molecular complexity index is 523. The van der Waals surface area contributed by atoms with Gasteiger partial charge in [-0.1, -0.05) is 22.0 Å². The molecule has 0 aliphatic carbocycles. The van der Waals surface area contributed by atoms with Crippen LogP contribution in [0.2, 0.25) is 0 Å². The van der Waals surface area contributed by atoms with Gasteiger partial charge in [0, 0.05) is 4.88 Å². The largest absolute Gasteiger partial charge is 0.493 e. The van der Waals surface area contributed by atoms with Crippen molar-refractivity contribution in [3.8, 4) is 11.5 Å². The Labute approximate surface area is 120 Å². The van der Waals surface area contributed by atoms with Crippen LogP contribution in [0.1, 0.15) is 20.8 Å². The van der Waals surface area contributed by atoms with Gasteiger partial charge in [0.1, 0.15) is 0 Å². The van der Waals surface area contributed by atoms with Crippen LogP contribution in [0.15, 0.2) is 29.6 Å². The van der Waals surface area contributed by atoms with Gasteiger partial charge in [0.05, 0.1) is 19.0 Å². The first-order chi connectivity index (χ1) is 8.67. The molecule has 1 aromatic carbocycles. The second-order valence-electron chi connectivity index (χ2n) is 3.94. The van der Waals surface area contributed by atoms with Gasteiger partial charge < -0.3 is 9.47 Å². The number of methoxy groups -OCH3 is 2. The molecule has 0 N–H and O–H groups in total. The summed E-state index contributed by atoms with van der Waals surface area (Å²) in [5.74, 6) is 1.53. The van der Waals surface area contributed by atoms with Gasteiger partial charge in [-0.3, -0.25) is 0 Å². The van der Waals surface area contributed by atoms with Crippen LogP contribution < -0.4 is 9.47 Å². The summed E-state index contributed by atoms with van der Waals surface area (Å²) in [6, 6.07) is 8.23. The fourth-order valence-corrected chi connectivity index (χ4v) is 3.55. The number of alkyl halides is 1. The second kappa shape index (κ2) is 5.76. The molecule has 0 aliphatic heterocycles. The minimum atomic E-state index is 0.192. The monoisotopic (exact) mass is 326 g/mol. The number of benzene rings is 1. The molecule has 0 spiro atoms. The SMILES string of the molecule is COc1cc(C)c(C(Br)c2cccs2)cc1OC. The zero-order valence-corrected chi connectivity index (χ0v) is 13.0. The van der Waals surface area contributed by atoms with E-state index in [0.717, 1.165) is 11.5 Å². The lowest BCUT2D eigenvalue weighted by Gasteiger charge is -2.16. The van der Waals surface area contributed by atoms with Crippen LogP contribution >= 0.6 is 27.3 Å². The number of hydrogen-bond acceptors (Lipinski definition) is 3. The van der Waals surface area contributed by atoms with E-state index in [2.05, 4.69) is 40.4 Å². The molecule has 1 unspecified atom stereocenters. The molecule has 0 aliphatic rings. The molecule has 1 aromatic heterocycles. The standard InChI is InChI=1S/C14H15BrO2S/c1-9-7-11(16-2)12(17-3)8-10(9)14(15)13-5-4-6-18-13/h4-8,14H,1-3H3. The van der Waals surface area contributed by atoms with Crippen LogP contribution in [0.25, 0.3) is 0 Å². The van der Waals surface area contributed by atoms with Gasteiger partial charge in [-0.15, -0.1) is 11.3 Å². The van der Waals surface area contributed by atoms with Crippen LogP contribution in [-0.4, -0.2) is 14.2 Å². The molecule has 1 atom stereocenters. The predicted molar refractivity (Wildman–Crippen MR) is 79.4 cm³/mol. The van der Waals surface area contributed by atoms with E-state index in [0.29, 0.717) is 0 Å². The number of halogens is 1. The maximum atomic E-state index is 5.36. The Kier molecular flexibility index (Phi) is 4.30. The van der Waals surface area contributed by atoms with Crippen molar-refractivity contribution < 1.29 is 9.47 Å². The Morgan fingerprint density at radius 1 is 1.17 bits per heavy atom. The summed E-state index contributed by atoms with van der Waals surface area (Å²) in [5.41, 5.74) is 2.39. The number of rotatable bonds is 4. The van der Waals surface area contributed by atoms with Crippen molar-refractivity contribution in [3.05, 3.63) is 45.6 Å². The highest BCUT2D eigenvalue weighted by Crippen LogP contribution is 2.40. The molecule has 96 valence electrons. The van der Waals surface area contributed by atoms with Gasteiger partial charge in [0.2, 0.25) is 0 Å². The average Bonchev–Trinajstić information content (AvgIpc) is 2.91. The zero-order chi connectivity index (χ0) is 13.1. The van der Waals surface area contributed by atoms with Crippen molar-refractivity contribution >= 4 is 27.3 Å². The van der Waals surface area contributed by atoms with E-state index < -0.39 is 0 Å². The van der Waals surface area contributed by atoms with Crippen molar-refractivity contribution in [2.24, 2.45) is 0 Å². The molecule has 18 heavy (non-hydrogen) atoms. The fourth-order valence-electron chi connectivity index (χ4n) is 1.86. The molecule has 2 nitrogen and oxygen atoms in total. The van der Waals surface area contributed by atoms with Crippen LogP contribution in [0.5, 0.6) is 11.5 Å². The molecule has 0 bridgehead atoms. The molecule has 4 heteroatoms. The molecule has 0 fully saturated rings. The van der Waals surface area contributed by atoms with Crippen LogP contribution in [-0.2, 0) is 0 Å². The lowest BCUT2D eigenvalue weighted by atomic mass is 10.0. The predicted octanol–water partition coefficient (Wildman–Crippen LogP) is 4.56. The van der Waals surface area contributed by atoms with Gasteiger partial charge in [-0.2, -0.15) is 0 Å². The molecule has 2 aromatic rings. The van der Waals surface area contributed by atoms with E-state index in [-0.39, 0.29) is 4.83 Å². The van der Waals surface area contributed by atoms with Gasteiger partial charge in [0.15, 0.2) is 11.5 Å². The van der Waals surface area contributed by atoms with E-state index >= 15 is 0 Å². The van der Waals surface area contributed by atoms with Crippen molar-refractivity contribution in [3.63, 3.8) is 0 Å². The Hall–Kier alpha value is -1.00. The summed E-state index contributed by atoms with van der Waals surface area (Å²) in [6.45, 7) is 2.08. The topological polar surface area (TPSA) is 18.5 Å². The molecule has 0 amide bonds. The third-order valence-electron chi connectivity index (χ3n) is 2.84. The molecular formula is C14H15BrO2S. The quantitative estimate of drug-likeness (QED) is 0.767. The summed E-state index contributed by atoms with van der Waals surface area (Å²) >= 11 is 5.49. The highest BCUT2D eigenvalue weighted by Gasteiger charge is 2.17. The summed E-state index contributed by atoms with van der Waals surface area (Å²) in [5, 5.41) is 2.08. The summed E-state index contributed by atoms with van der Waals surface area (Å²) in [7, 11) is 3.31. The first kappa shape index (κ1) is 13.4. The van der Waals surface area contributed by atoms with Gasteiger partial charge in [-0.05, 0) is 41.6 Å². The van der Waals surface area contributed by atoms with Crippen molar-refractivity contribution in [1.82, 2.24) is 0 Å². The van der Waals surface area contributed by atoms with Crippen molar-refractivity contribution in [2.45, 2.75) is 11.8 Å². The first-order valence-corrected chi connectivity index (χ1v) is 7.37. The number of thiophene rings is 1. The number of aryl methyl sites for hydroxylation is 1. The highest BCUT2D eigenvalue weighted by molar-refractivity contribution is 9.09. The van der Waals surface area contributed by atoms with E-state index in [9.17, 15) is 0 Å². The second-order valence-corrected chi connectivity index (χ2v) is 5.84. The summed E-state index contributed by atoms with van der Waals surface area (Å²) in [6.07, 6.45) is 0. The normalized spacial score (nSPS) is 12.2. The molecule has 2 rings (SSSR count). The van der Waals surface area contributed by atoms with Crippen molar-refractivity contribution in [1.29, 1.82) is 0 Å². The van der Waals surface area contributed by atoms with Crippen LogP contribution in [0.3, 0.4) is 0 Å². The van der Waals surface area contributed by atoms with Gasteiger partial charge in [-0.25, -0.2) is 0 Å². The van der Waals surface area contributed by atoms with E-state index in [1.165, 1.54) is 16.0 Å². The minimum Gasteiger partial charge on any atom is -0.493 e. The lowest BCUT2D eigenvalue weighted by Crippen LogP contribution is -1.98. The summed E-state index contributed by atoms with van der Waals surface area (Å²) in [4.78, 5) is 1.47. The Balaban J connectivity index is 2.45. The van der Waals surface area contributed by atoms with E-state index in [1.54, 1.807) is 25.6 Å². The number of hydrogen-bond donors (Lipinski definition) is 0. The highest BCUT2D eigenvalue weighted by atomic mass is 79.9. The lowest BCUT2D eigenvalue weighted by molar-refractivity contribution is 0.354. The molecule has 0 saturated heterocycles. The van der Waals surface area contributed by atoms with E-state index in [1.807, 2.05) is 12.1 Å². The van der Waals surface area contributed by atoms with E-state index in [4.69, 9.17) is 9.47 Å². The number of ether oxygens (including phenoxy) is 2. The van der Waals surface area contributed by atoms with Crippen LogP contribution in [0, 0.1) is 6.92 Å². The average molecular weight is 327 g/mol. The maximum absolute atomic E-state index is 5.36. The third kappa shape index (κ3) is 2.54. The zero-order valence-electron chi connectivity index (χ0n) is 10.6. The van der Waals surface area contributed by atoms with Crippen LogP contribution in [0.4, 0.5) is 0 Å². The maximum Gasteiger partial charge on any atom is 0.161 e. The smallest absolute Gasteiger partial charge is 0.161 e. The van der Waals surface area contributed by atoms with Gasteiger partial charge in [0.25, 0.3) is 0 Å². The van der Waals surface area contributed by atoms with Crippen molar-refractivity contribution in [2.75, 3.05) is 14.2 Å². The minimum absolute atomic E-state index is 0.192. The summed E-state index contributed by atoms with van der Waals surface area (Å²) < 4.78 is 10.7. The fraction of sp³-hybridized carbons (Fsp3) is 0.286. The Morgan fingerprint density at radius 3 is 2.39 bits per heavy atom.